The summed E-state index contributed by atoms with van der Waals surface area (Å²) in [6, 6.07) is 12.7. The average Bonchev–Trinajstić information content (AvgIpc) is 2.82. The molecule has 0 aliphatic rings. The van der Waals surface area contributed by atoms with Crippen LogP contribution in [0.25, 0.3) is 6.08 Å². The molecule has 1 amide bonds. The van der Waals surface area contributed by atoms with Crippen LogP contribution in [0, 0.1) is 18.2 Å². The largest absolute Gasteiger partial charge is 0.433 e. The quantitative estimate of drug-likeness (QED) is 0.223. The maximum absolute atomic E-state index is 14.4. The van der Waals surface area contributed by atoms with Crippen LogP contribution in [0.4, 0.5) is 34.8 Å². The molecule has 2 aromatic carbocycles. The number of aromatic nitrogens is 1. The zero-order valence-corrected chi connectivity index (χ0v) is 20.0. The Hall–Kier alpha value is -4.37. The first-order chi connectivity index (χ1) is 17.4. The summed E-state index contributed by atoms with van der Waals surface area (Å²) in [5.74, 6) is 0.520. The van der Waals surface area contributed by atoms with Crippen molar-refractivity contribution < 1.29 is 30.8 Å². The number of nitrogens with one attached hydrogen (secondary N) is 3. The average molecular weight is 533 g/mol. The molecule has 37 heavy (non-hydrogen) atoms. The number of hydrogen-bond donors (Lipinski definition) is 3. The topological polar surface area (TPSA) is 100 Å². The number of benzene rings is 2. The van der Waals surface area contributed by atoms with Crippen molar-refractivity contribution in [3.8, 4) is 12.3 Å². The van der Waals surface area contributed by atoms with E-state index in [2.05, 4.69) is 21.5 Å². The Morgan fingerprint density at radius 1 is 1.14 bits per heavy atom. The summed E-state index contributed by atoms with van der Waals surface area (Å²) in [6.07, 6.45) is 3.90. The first kappa shape index (κ1) is 27.2. The molecule has 0 saturated heterocycles. The summed E-state index contributed by atoms with van der Waals surface area (Å²) in [7, 11) is -3.78. The predicted molar refractivity (Wildman–Crippen MR) is 133 cm³/mol. The highest BCUT2D eigenvalue weighted by atomic mass is 32.2. The van der Waals surface area contributed by atoms with Gasteiger partial charge in [0, 0.05) is 23.9 Å². The molecule has 0 unspecified atom stereocenters. The number of nitrogens with zero attached hydrogens (tertiary/aromatic N) is 1. The van der Waals surface area contributed by atoms with Gasteiger partial charge >= 0.3 is 6.18 Å². The fraction of sp³-hybridized carbons (Fsp3) is 0.120. The zero-order valence-electron chi connectivity index (χ0n) is 19.2. The van der Waals surface area contributed by atoms with Gasteiger partial charge in [0.05, 0.1) is 17.5 Å². The number of alkyl halides is 3. The molecule has 0 aliphatic heterocycles. The monoisotopic (exact) mass is 532 g/mol. The summed E-state index contributed by atoms with van der Waals surface area (Å²) < 4.78 is 78.8. The standard InChI is InChI=1S/C25H20F4N4O3S/c1-3-17-13-16(14-20(26)23(17)33-37(2,35)36)15-30-22(34)12-10-18-9-11-21(25(27,28)29)32-24(18)31-19-7-5-4-6-8-19/h1,4-14,33H,15H2,2H3,(H,30,34)(H,31,32). The Labute approximate surface area is 210 Å². The normalized spacial score (nSPS) is 11.7. The van der Waals surface area contributed by atoms with E-state index in [0.717, 1.165) is 24.5 Å². The van der Waals surface area contributed by atoms with E-state index in [4.69, 9.17) is 6.42 Å². The molecule has 7 nitrogen and oxygen atoms in total. The Morgan fingerprint density at radius 3 is 2.46 bits per heavy atom. The third kappa shape index (κ3) is 7.81. The minimum Gasteiger partial charge on any atom is -0.348 e. The van der Waals surface area contributed by atoms with Gasteiger partial charge in [-0.25, -0.2) is 17.8 Å². The first-order valence-corrected chi connectivity index (χ1v) is 12.4. The van der Waals surface area contributed by atoms with Crippen LogP contribution < -0.4 is 15.4 Å². The molecule has 3 rings (SSSR count). The number of halogens is 4. The summed E-state index contributed by atoms with van der Waals surface area (Å²) in [5, 5.41) is 5.30. The van der Waals surface area contributed by atoms with Crippen LogP contribution in [0.3, 0.4) is 0 Å². The minimum absolute atomic E-state index is 0.0577. The van der Waals surface area contributed by atoms with Crippen molar-refractivity contribution in [2.45, 2.75) is 12.7 Å². The number of carbonyl (C=O) groups is 1. The molecule has 3 aromatic rings. The van der Waals surface area contributed by atoms with Crippen molar-refractivity contribution in [2.24, 2.45) is 0 Å². The van der Waals surface area contributed by atoms with Gasteiger partial charge < -0.3 is 10.6 Å². The van der Waals surface area contributed by atoms with E-state index < -0.39 is 33.6 Å². The Balaban J connectivity index is 1.77. The van der Waals surface area contributed by atoms with E-state index in [9.17, 15) is 30.8 Å². The van der Waals surface area contributed by atoms with E-state index in [1.165, 1.54) is 18.2 Å². The van der Waals surface area contributed by atoms with Crippen molar-refractivity contribution in [1.29, 1.82) is 0 Å². The van der Waals surface area contributed by atoms with Crippen molar-refractivity contribution in [3.63, 3.8) is 0 Å². The first-order valence-electron chi connectivity index (χ1n) is 10.5. The second-order valence-corrected chi connectivity index (χ2v) is 9.44. The van der Waals surface area contributed by atoms with E-state index in [-0.39, 0.29) is 34.7 Å². The Morgan fingerprint density at radius 2 is 1.84 bits per heavy atom. The van der Waals surface area contributed by atoms with Gasteiger partial charge in [-0.15, -0.1) is 6.42 Å². The number of carbonyl (C=O) groups excluding carboxylic acids is 1. The van der Waals surface area contributed by atoms with E-state index in [1.54, 1.807) is 30.3 Å². The molecule has 1 aromatic heterocycles. The maximum Gasteiger partial charge on any atom is 0.433 e. The highest BCUT2D eigenvalue weighted by Gasteiger charge is 2.33. The molecule has 0 aliphatic carbocycles. The van der Waals surface area contributed by atoms with Crippen LogP contribution in [0.5, 0.6) is 0 Å². The molecule has 12 heteroatoms. The van der Waals surface area contributed by atoms with Gasteiger partial charge in [0.2, 0.25) is 15.9 Å². The number of para-hydroxylation sites is 1. The summed E-state index contributed by atoms with van der Waals surface area (Å²) in [6.45, 7) is -0.158. The minimum atomic E-state index is -4.66. The molecule has 0 spiro atoms. The SMILES string of the molecule is C#Cc1cc(CNC(=O)C=Cc2ccc(C(F)(F)F)nc2Nc2ccccc2)cc(F)c1NS(C)(=O)=O. The van der Waals surface area contributed by atoms with Crippen LogP contribution in [-0.4, -0.2) is 25.6 Å². The van der Waals surface area contributed by atoms with Gasteiger partial charge in [-0.1, -0.05) is 24.1 Å². The Kier molecular flexibility index (Phi) is 8.19. The van der Waals surface area contributed by atoms with E-state index >= 15 is 0 Å². The van der Waals surface area contributed by atoms with Gasteiger partial charge in [-0.2, -0.15) is 13.2 Å². The lowest BCUT2D eigenvalue weighted by molar-refractivity contribution is -0.141. The van der Waals surface area contributed by atoms with Crippen LogP contribution in [-0.2, 0) is 27.5 Å². The molecule has 0 atom stereocenters. The predicted octanol–water partition coefficient (Wildman–Crippen LogP) is 4.67. The van der Waals surface area contributed by atoms with Crippen LogP contribution in [0.2, 0.25) is 0 Å². The number of pyridine rings is 1. The molecule has 0 bridgehead atoms. The molecular weight excluding hydrogens is 512 g/mol. The summed E-state index contributed by atoms with van der Waals surface area (Å²) in [4.78, 5) is 16.0. The molecule has 192 valence electrons. The fourth-order valence-electron chi connectivity index (χ4n) is 3.10. The van der Waals surface area contributed by atoms with Crippen LogP contribution >= 0.6 is 0 Å². The van der Waals surface area contributed by atoms with Gasteiger partial charge in [-0.3, -0.25) is 9.52 Å². The molecule has 0 saturated carbocycles. The fourth-order valence-corrected chi connectivity index (χ4v) is 3.68. The lowest BCUT2D eigenvalue weighted by Gasteiger charge is -2.13. The zero-order chi connectivity index (χ0) is 27.2. The smallest absolute Gasteiger partial charge is 0.348 e. The Bertz CT molecular complexity index is 1480. The molecule has 0 radical (unpaired) electrons. The number of amides is 1. The van der Waals surface area contributed by atoms with Gasteiger partial charge in [0.15, 0.2) is 0 Å². The highest BCUT2D eigenvalue weighted by Crippen LogP contribution is 2.31. The van der Waals surface area contributed by atoms with Crippen LogP contribution in [0.1, 0.15) is 22.4 Å². The number of terminal acetylenes is 1. The third-order valence-electron chi connectivity index (χ3n) is 4.73. The molecular formula is C25H20F4N4O3S. The molecule has 3 N–H and O–H groups in total. The van der Waals surface area contributed by atoms with Crippen molar-refractivity contribution in [3.05, 3.63) is 88.9 Å². The number of hydrogen-bond acceptors (Lipinski definition) is 5. The molecule has 1 heterocycles. The second kappa shape index (κ2) is 11.1. The maximum atomic E-state index is 14.4. The molecule has 0 fully saturated rings. The lowest BCUT2D eigenvalue weighted by Crippen LogP contribution is -2.21. The highest BCUT2D eigenvalue weighted by molar-refractivity contribution is 7.92. The number of anilines is 3. The van der Waals surface area contributed by atoms with Crippen LogP contribution in [0.15, 0.2) is 60.7 Å². The van der Waals surface area contributed by atoms with E-state index in [1.807, 2.05) is 4.72 Å². The third-order valence-corrected chi connectivity index (χ3v) is 5.30. The van der Waals surface area contributed by atoms with Crippen molar-refractivity contribution in [1.82, 2.24) is 10.3 Å². The van der Waals surface area contributed by atoms with Crippen molar-refractivity contribution in [2.75, 3.05) is 16.3 Å². The number of sulfonamides is 1. The van der Waals surface area contributed by atoms with Crippen molar-refractivity contribution >= 4 is 39.2 Å². The van der Waals surface area contributed by atoms with Gasteiger partial charge in [0.25, 0.3) is 0 Å². The summed E-state index contributed by atoms with van der Waals surface area (Å²) >= 11 is 0. The van der Waals surface area contributed by atoms with E-state index in [0.29, 0.717) is 5.69 Å². The lowest BCUT2D eigenvalue weighted by atomic mass is 10.1. The second-order valence-electron chi connectivity index (χ2n) is 7.69. The van der Waals surface area contributed by atoms with Gasteiger partial charge in [0.1, 0.15) is 17.3 Å². The van der Waals surface area contributed by atoms with Gasteiger partial charge in [-0.05, 0) is 48.0 Å². The summed E-state index contributed by atoms with van der Waals surface area (Å²) in [5.41, 5.74) is -0.579. The number of rotatable bonds is 8.